The summed E-state index contributed by atoms with van der Waals surface area (Å²) in [6.45, 7) is 0. The zero-order valence-corrected chi connectivity index (χ0v) is 8.04. The highest BCUT2D eigenvalue weighted by molar-refractivity contribution is 7.91. The second-order valence-corrected chi connectivity index (χ2v) is 5.00. The Balaban J connectivity index is 2.82. The molecule has 0 saturated heterocycles. The van der Waals surface area contributed by atoms with Gasteiger partial charge in [-0.15, -0.1) is 0 Å². The summed E-state index contributed by atoms with van der Waals surface area (Å²) in [6, 6.07) is 8.39. The minimum absolute atomic E-state index is 0.358. The molecule has 70 valence electrons. The molecule has 0 heterocycles. The van der Waals surface area contributed by atoms with Crippen molar-refractivity contribution >= 4 is 15.6 Å². The van der Waals surface area contributed by atoms with E-state index in [1.807, 2.05) is 0 Å². The van der Waals surface area contributed by atoms with Gasteiger partial charge in [0.1, 0.15) is 5.75 Å². The number of sulfone groups is 1. The van der Waals surface area contributed by atoms with E-state index in [2.05, 4.69) is 0 Å². The Morgan fingerprint density at radius 2 is 1.77 bits per heavy atom. The van der Waals surface area contributed by atoms with Crippen LogP contribution >= 0.6 is 0 Å². The van der Waals surface area contributed by atoms with Crippen molar-refractivity contribution in [2.24, 2.45) is 0 Å². The van der Waals surface area contributed by atoms with Crippen LogP contribution in [0.5, 0.6) is 0 Å². The van der Waals surface area contributed by atoms with Gasteiger partial charge in [0.2, 0.25) is 0 Å². The molecule has 0 aliphatic rings. The summed E-state index contributed by atoms with van der Waals surface area (Å²) in [5.74, 6) is -0.778. The Kier molecular flexibility index (Phi) is 2.83. The van der Waals surface area contributed by atoms with Gasteiger partial charge in [0.05, 0.1) is 0 Å². The molecule has 1 aromatic carbocycles. The van der Waals surface area contributed by atoms with Crippen LogP contribution in [-0.4, -0.2) is 26.2 Å². The molecule has 0 atom stereocenters. The van der Waals surface area contributed by atoms with Crippen LogP contribution in [0.4, 0.5) is 0 Å². The maximum atomic E-state index is 11.3. The number of ketones is 1. The van der Waals surface area contributed by atoms with Crippen LogP contribution in [0.2, 0.25) is 0 Å². The zero-order chi connectivity index (χ0) is 9.90. The number of rotatable bonds is 3. The van der Waals surface area contributed by atoms with Gasteiger partial charge in [0, 0.05) is 11.8 Å². The number of Topliss-reactive ketones (excluding diaryl/α,β-unsaturated/α-hetero) is 1. The minimum Gasteiger partial charge on any atom is -0.293 e. The number of hydrogen-bond donors (Lipinski definition) is 0. The molecule has 1 rings (SSSR count). The van der Waals surface area contributed by atoms with Gasteiger partial charge in [-0.2, -0.15) is 0 Å². The molecule has 0 amide bonds. The molecule has 0 N–H and O–H groups in total. The van der Waals surface area contributed by atoms with Crippen LogP contribution < -0.4 is 0 Å². The fourth-order valence-corrected chi connectivity index (χ4v) is 1.59. The number of carbonyl (C=O) groups is 1. The molecule has 1 aromatic rings. The highest BCUT2D eigenvalue weighted by Crippen LogP contribution is 2.01. The van der Waals surface area contributed by atoms with Gasteiger partial charge in [-0.05, 0) is 0 Å². The lowest BCUT2D eigenvalue weighted by Crippen LogP contribution is -2.14. The van der Waals surface area contributed by atoms with Gasteiger partial charge in [-0.1, -0.05) is 30.3 Å². The standard InChI is InChI=1S/C9H10O3S/c1-13(11,12)7-9(10)8-5-3-2-4-6-8/h2-6H,7H2,1H3. The van der Waals surface area contributed by atoms with Crippen molar-refractivity contribution in [1.29, 1.82) is 0 Å². The lowest BCUT2D eigenvalue weighted by Gasteiger charge is -1.97. The molecule has 0 aromatic heterocycles. The van der Waals surface area contributed by atoms with E-state index >= 15 is 0 Å². The number of carbonyl (C=O) groups excluding carboxylic acids is 1. The van der Waals surface area contributed by atoms with Gasteiger partial charge in [0.25, 0.3) is 0 Å². The van der Waals surface area contributed by atoms with E-state index in [1.165, 1.54) is 0 Å². The highest BCUT2D eigenvalue weighted by Gasteiger charge is 2.11. The quantitative estimate of drug-likeness (QED) is 0.678. The third-order valence-electron chi connectivity index (χ3n) is 1.49. The van der Waals surface area contributed by atoms with E-state index in [9.17, 15) is 13.2 Å². The topological polar surface area (TPSA) is 51.2 Å². The Morgan fingerprint density at radius 1 is 1.23 bits per heavy atom. The molecule has 0 spiro atoms. The number of hydrogen-bond acceptors (Lipinski definition) is 3. The predicted molar refractivity (Wildman–Crippen MR) is 50.5 cm³/mol. The van der Waals surface area contributed by atoms with Crippen molar-refractivity contribution < 1.29 is 13.2 Å². The van der Waals surface area contributed by atoms with Crippen molar-refractivity contribution in [1.82, 2.24) is 0 Å². The van der Waals surface area contributed by atoms with Gasteiger partial charge in [-0.25, -0.2) is 8.42 Å². The molecule has 0 aliphatic carbocycles. The van der Waals surface area contributed by atoms with Crippen LogP contribution in [0.25, 0.3) is 0 Å². The molecule has 3 nitrogen and oxygen atoms in total. The molecule has 0 saturated carbocycles. The normalized spacial score (nSPS) is 11.2. The summed E-state index contributed by atoms with van der Waals surface area (Å²) < 4.78 is 21.6. The lowest BCUT2D eigenvalue weighted by molar-refractivity contribution is 0.102. The zero-order valence-electron chi connectivity index (χ0n) is 7.23. The third-order valence-corrected chi connectivity index (χ3v) is 2.28. The summed E-state index contributed by atoms with van der Waals surface area (Å²) in [6.07, 6.45) is 1.05. The van der Waals surface area contributed by atoms with E-state index in [0.29, 0.717) is 5.56 Å². The average Bonchev–Trinajstić information content (AvgIpc) is 2.03. The average molecular weight is 198 g/mol. The molecule has 0 radical (unpaired) electrons. The summed E-state index contributed by atoms with van der Waals surface area (Å²) in [5.41, 5.74) is 0.438. The third kappa shape index (κ3) is 3.38. The van der Waals surface area contributed by atoms with E-state index < -0.39 is 15.6 Å². The fourth-order valence-electron chi connectivity index (χ4n) is 0.946. The van der Waals surface area contributed by atoms with Crippen molar-refractivity contribution in [3.8, 4) is 0 Å². The van der Waals surface area contributed by atoms with Crippen molar-refractivity contribution in [2.75, 3.05) is 12.0 Å². The van der Waals surface area contributed by atoms with Crippen molar-refractivity contribution in [3.63, 3.8) is 0 Å². The second-order valence-electron chi connectivity index (χ2n) is 2.86. The van der Waals surface area contributed by atoms with Gasteiger partial charge >= 0.3 is 0 Å². The SMILES string of the molecule is CS(=O)(=O)CC(=O)c1ccccc1. The van der Waals surface area contributed by atoms with Crippen LogP contribution in [0.3, 0.4) is 0 Å². The first-order valence-corrected chi connectivity index (χ1v) is 5.81. The van der Waals surface area contributed by atoms with E-state index in [-0.39, 0.29) is 5.78 Å². The Hall–Kier alpha value is -1.16. The van der Waals surface area contributed by atoms with E-state index in [1.54, 1.807) is 30.3 Å². The van der Waals surface area contributed by atoms with Gasteiger partial charge in [-0.3, -0.25) is 4.79 Å². The molecule has 0 fully saturated rings. The van der Waals surface area contributed by atoms with Crippen LogP contribution in [0, 0.1) is 0 Å². The molecule has 13 heavy (non-hydrogen) atoms. The second kappa shape index (κ2) is 3.70. The summed E-state index contributed by atoms with van der Waals surface area (Å²) in [7, 11) is -3.22. The van der Waals surface area contributed by atoms with Crippen molar-refractivity contribution in [3.05, 3.63) is 35.9 Å². The van der Waals surface area contributed by atoms with Crippen LogP contribution in [0.15, 0.2) is 30.3 Å². The van der Waals surface area contributed by atoms with Crippen LogP contribution in [0.1, 0.15) is 10.4 Å². The highest BCUT2D eigenvalue weighted by atomic mass is 32.2. The molecule has 0 unspecified atom stereocenters. The smallest absolute Gasteiger partial charge is 0.177 e. The van der Waals surface area contributed by atoms with Crippen molar-refractivity contribution in [2.45, 2.75) is 0 Å². The van der Waals surface area contributed by atoms with Gasteiger partial charge in [0.15, 0.2) is 15.6 Å². The monoisotopic (exact) mass is 198 g/mol. The fraction of sp³-hybridized carbons (Fsp3) is 0.222. The largest absolute Gasteiger partial charge is 0.293 e. The summed E-state index contributed by atoms with van der Waals surface area (Å²) in [4.78, 5) is 11.3. The molecule has 0 aliphatic heterocycles. The minimum atomic E-state index is -3.22. The molecule has 0 bridgehead atoms. The number of benzene rings is 1. The van der Waals surface area contributed by atoms with E-state index in [4.69, 9.17) is 0 Å². The molecular weight excluding hydrogens is 188 g/mol. The maximum absolute atomic E-state index is 11.3. The van der Waals surface area contributed by atoms with Gasteiger partial charge < -0.3 is 0 Å². The Bertz CT molecular complexity index is 392. The summed E-state index contributed by atoms with van der Waals surface area (Å²) >= 11 is 0. The Morgan fingerprint density at radius 3 is 2.23 bits per heavy atom. The first kappa shape index (κ1) is 9.92. The first-order valence-electron chi connectivity index (χ1n) is 3.75. The Labute approximate surface area is 77.3 Å². The van der Waals surface area contributed by atoms with E-state index in [0.717, 1.165) is 6.26 Å². The summed E-state index contributed by atoms with van der Waals surface area (Å²) in [5, 5.41) is 0. The molecular formula is C9H10O3S. The molecule has 4 heteroatoms. The lowest BCUT2D eigenvalue weighted by atomic mass is 10.2. The van der Waals surface area contributed by atoms with Crippen LogP contribution in [-0.2, 0) is 9.84 Å². The maximum Gasteiger partial charge on any atom is 0.177 e. The predicted octanol–water partition coefficient (Wildman–Crippen LogP) is 0.914. The first-order chi connectivity index (χ1) is 5.99.